The molecule has 0 radical (unpaired) electrons. The lowest BCUT2D eigenvalue weighted by Crippen LogP contribution is -2.45. The number of ether oxygens (including phenoxy) is 4. The van der Waals surface area contributed by atoms with Crippen molar-refractivity contribution in [1.29, 1.82) is 0 Å². The van der Waals surface area contributed by atoms with Crippen molar-refractivity contribution in [3.8, 4) is 22.8 Å². The first kappa shape index (κ1) is 26.5. The smallest absolute Gasteiger partial charge is 0.243 e. The molecule has 1 amide bonds. The van der Waals surface area contributed by atoms with Crippen LogP contribution in [0, 0.1) is 11.6 Å². The largest absolute Gasteiger partial charge is 0.494 e. The lowest BCUT2D eigenvalue weighted by Gasteiger charge is -2.29. The maximum Gasteiger partial charge on any atom is 0.243 e. The summed E-state index contributed by atoms with van der Waals surface area (Å²) in [7, 11) is 2.58. The van der Waals surface area contributed by atoms with Gasteiger partial charge in [-0.25, -0.2) is 23.7 Å². The highest BCUT2D eigenvalue weighted by Crippen LogP contribution is 2.39. The van der Waals surface area contributed by atoms with Crippen LogP contribution in [-0.4, -0.2) is 86.7 Å². The summed E-state index contributed by atoms with van der Waals surface area (Å²) in [5.41, 5.74) is 0.144. The highest BCUT2D eigenvalue weighted by molar-refractivity contribution is 5.92. The zero-order chi connectivity index (χ0) is 27.5. The van der Waals surface area contributed by atoms with E-state index in [9.17, 15) is 4.79 Å². The van der Waals surface area contributed by atoms with Gasteiger partial charge in [0.25, 0.3) is 0 Å². The number of rotatable bonds is 8. The van der Waals surface area contributed by atoms with Gasteiger partial charge in [0.15, 0.2) is 29.0 Å². The molecule has 2 fully saturated rings. The van der Waals surface area contributed by atoms with Crippen molar-refractivity contribution in [3.63, 3.8) is 0 Å². The topological polar surface area (TPSA) is 120 Å². The van der Waals surface area contributed by atoms with Gasteiger partial charge in [0.1, 0.15) is 5.52 Å². The maximum atomic E-state index is 15.4. The number of hydrogen-bond donors (Lipinski definition) is 2. The Morgan fingerprint density at radius 1 is 1.08 bits per heavy atom. The number of benzene rings is 1. The average molecular weight is 543 g/mol. The molecule has 0 aliphatic carbocycles. The molecule has 13 heteroatoms. The predicted molar refractivity (Wildman–Crippen MR) is 139 cm³/mol. The molecule has 0 spiro atoms. The number of methoxy groups -OCH3 is 2. The Bertz CT molecular complexity index is 1370. The number of hydrogen-bond acceptors (Lipinski definition) is 10. The number of anilines is 2. The van der Waals surface area contributed by atoms with Gasteiger partial charge in [-0.05, 0) is 12.1 Å². The number of aromatic nitrogens is 3. The van der Waals surface area contributed by atoms with Gasteiger partial charge < -0.3 is 34.5 Å². The molecule has 5 rings (SSSR count). The molecule has 1 aromatic carbocycles. The number of nitrogens with zero attached hydrogens (tertiary/aromatic N) is 4. The highest BCUT2D eigenvalue weighted by Gasteiger charge is 2.30. The Balaban J connectivity index is 1.59. The number of amides is 1. The van der Waals surface area contributed by atoms with Gasteiger partial charge in [0.2, 0.25) is 11.9 Å². The van der Waals surface area contributed by atoms with Crippen molar-refractivity contribution in [2.24, 2.45) is 0 Å². The molecule has 3 aromatic rings. The van der Waals surface area contributed by atoms with Crippen LogP contribution in [0.1, 0.15) is 0 Å². The summed E-state index contributed by atoms with van der Waals surface area (Å²) in [6, 6.07) is 2.09. The summed E-state index contributed by atoms with van der Waals surface area (Å²) in [6.07, 6.45) is 2.75. The molecule has 2 aromatic heterocycles. The van der Waals surface area contributed by atoms with Crippen molar-refractivity contribution in [2.75, 3.05) is 64.0 Å². The summed E-state index contributed by atoms with van der Waals surface area (Å²) in [5.74, 6) is -1.74. The Morgan fingerprint density at radius 3 is 2.44 bits per heavy atom. The Labute approximate surface area is 223 Å². The zero-order valence-corrected chi connectivity index (χ0v) is 21.5. The normalized spacial score (nSPS) is 19.1. The van der Waals surface area contributed by atoms with Crippen LogP contribution < -0.4 is 25.0 Å². The van der Waals surface area contributed by atoms with E-state index in [1.54, 1.807) is 6.20 Å². The Hall–Kier alpha value is -4.10. The van der Waals surface area contributed by atoms with E-state index in [1.165, 1.54) is 26.4 Å². The fourth-order valence-electron chi connectivity index (χ4n) is 4.57. The zero-order valence-electron chi connectivity index (χ0n) is 21.5. The molecule has 2 aliphatic rings. The molecule has 0 saturated carbocycles. The second-order valence-electron chi connectivity index (χ2n) is 8.95. The standard InChI is InChI=1S/C26H28F2N6O5/c1-4-20(35)30-16-12-39-13-17(16)32-26-29-11-14-9-15(21-22(27)18(36-2)10-19(37-3)23(21)28)31-25(24(14)33-26)34-5-7-38-8-6-34/h4,9-11,16-17H,1,5-8,12-13H2,2-3H3,(H,30,35)(H,29,32,33)/t16-,17+/m0/s1. The van der Waals surface area contributed by atoms with Crippen molar-refractivity contribution in [3.05, 3.63) is 42.6 Å². The van der Waals surface area contributed by atoms with Crippen molar-refractivity contribution < 1.29 is 32.5 Å². The minimum absolute atomic E-state index is 0.0388. The van der Waals surface area contributed by atoms with E-state index >= 15 is 8.78 Å². The molecule has 0 bridgehead atoms. The SMILES string of the molecule is C=CC(=O)N[C@H]1COC[C@H]1Nc1ncc2cc(-c3c(F)c(OC)cc(OC)c3F)nc(N3CCOCC3)c2n1. The van der Waals surface area contributed by atoms with Gasteiger partial charge in [-0.3, -0.25) is 4.79 Å². The quantitative estimate of drug-likeness (QED) is 0.411. The minimum Gasteiger partial charge on any atom is -0.494 e. The maximum absolute atomic E-state index is 15.4. The third kappa shape index (κ3) is 5.27. The first-order chi connectivity index (χ1) is 18.9. The summed E-state index contributed by atoms with van der Waals surface area (Å²) in [4.78, 5) is 27.5. The Morgan fingerprint density at radius 2 is 1.77 bits per heavy atom. The number of pyridine rings is 1. The minimum atomic E-state index is -0.899. The average Bonchev–Trinajstić information content (AvgIpc) is 3.39. The summed E-state index contributed by atoms with van der Waals surface area (Å²) in [6.45, 7) is 6.09. The van der Waals surface area contributed by atoms with Gasteiger partial charge >= 0.3 is 0 Å². The fourth-order valence-corrected chi connectivity index (χ4v) is 4.57. The van der Waals surface area contributed by atoms with E-state index in [1.807, 2.05) is 4.90 Å². The number of carbonyl (C=O) groups is 1. The van der Waals surface area contributed by atoms with Gasteiger partial charge in [-0.2, -0.15) is 0 Å². The molecule has 2 saturated heterocycles. The number of nitrogens with one attached hydrogen (secondary N) is 2. The van der Waals surface area contributed by atoms with Crippen LogP contribution in [0.25, 0.3) is 22.2 Å². The third-order valence-electron chi connectivity index (χ3n) is 6.60. The van der Waals surface area contributed by atoms with Gasteiger partial charge in [0, 0.05) is 30.7 Å². The van der Waals surface area contributed by atoms with E-state index in [2.05, 4.69) is 27.2 Å². The van der Waals surface area contributed by atoms with Crippen LogP contribution in [0.15, 0.2) is 31.0 Å². The van der Waals surface area contributed by atoms with E-state index in [4.69, 9.17) is 23.9 Å². The summed E-state index contributed by atoms with van der Waals surface area (Å²) < 4.78 is 52.0. The molecular formula is C26H28F2N6O5. The first-order valence-corrected chi connectivity index (χ1v) is 12.3. The molecular weight excluding hydrogens is 514 g/mol. The van der Waals surface area contributed by atoms with Crippen LogP contribution in [-0.2, 0) is 14.3 Å². The van der Waals surface area contributed by atoms with E-state index in [0.29, 0.717) is 62.2 Å². The second-order valence-corrected chi connectivity index (χ2v) is 8.95. The highest BCUT2D eigenvalue weighted by atomic mass is 19.1. The van der Waals surface area contributed by atoms with E-state index in [0.717, 1.165) is 6.07 Å². The molecule has 39 heavy (non-hydrogen) atoms. The fraction of sp³-hybridized carbons (Fsp3) is 0.385. The summed E-state index contributed by atoms with van der Waals surface area (Å²) in [5, 5.41) is 6.57. The van der Waals surface area contributed by atoms with Crippen LogP contribution in [0.4, 0.5) is 20.5 Å². The number of morpholine rings is 1. The first-order valence-electron chi connectivity index (χ1n) is 12.3. The van der Waals surface area contributed by atoms with Gasteiger partial charge in [0.05, 0.1) is 64.0 Å². The molecule has 0 unspecified atom stereocenters. The van der Waals surface area contributed by atoms with Gasteiger partial charge in [-0.1, -0.05) is 6.58 Å². The third-order valence-corrected chi connectivity index (χ3v) is 6.60. The van der Waals surface area contributed by atoms with Gasteiger partial charge in [-0.15, -0.1) is 0 Å². The number of halogens is 2. The van der Waals surface area contributed by atoms with Crippen LogP contribution >= 0.6 is 0 Å². The van der Waals surface area contributed by atoms with Crippen LogP contribution in [0.2, 0.25) is 0 Å². The lowest BCUT2D eigenvalue weighted by atomic mass is 10.1. The molecule has 2 aliphatic heterocycles. The van der Waals surface area contributed by atoms with E-state index in [-0.39, 0.29) is 40.7 Å². The molecule has 11 nitrogen and oxygen atoms in total. The van der Waals surface area contributed by atoms with Crippen molar-refractivity contribution >= 4 is 28.6 Å². The predicted octanol–water partition coefficient (Wildman–Crippen LogP) is 2.31. The van der Waals surface area contributed by atoms with Crippen LogP contribution in [0.3, 0.4) is 0 Å². The van der Waals surface area contributed by atoms with Crippen molar-refractivity contribution in [1.82, 2.24) is 20.3 Å². The molecule has 2 N–H and O–H groups in total. The molecule has 206 valence electrons. The Kier molecular flexibility index (Phi) is 7.70. The molecule has 4 heterocycles. The van der Waals surface area contributed by atoms with Crippen molar-refractivity contribution in [2.45, 2.75) is 12.1 Å². The molecule has 2 atom stereocenters. The van der Waals surface area contributed by atoms with Crippen LogP contribution in [0.5, 0.6) is 11.5 Å². The second kappa shape index (κ2) is 11.3. The lowest BCUT2D eigenvalue weighted by molar-refractivity contribution is -0.117. The summed E-state index contributed by atoms with van der Waals surface area (Å²) >= 11 is 0. The number of fused-ring (bicyclic) bond motifs is 1. The monoisotopic (exact) mass is 542 g/mol. The number of carbonyl (C=O) groups excluding carboxylic acids is 1. The van der Waals surface area contributed by atoms with E-state index < -0.39 is 11.6 Å².